The molecule has 0 aliphatic carbocycles. The van der Waals surface area contributed by atoms with E-state index in [1.807, 2.05) is 24.3 Å². The van der Waals surface area contributed by atoms with E-state index in [-0.39, 0.29) is 5.56 Å². The number of ether oxygens (including phenoxy) is 1. The van der Waals surface area contributed by atoms with Gasteiger partial charge in [0.1, 0.15) is 11.4 Å². The first-order chi connectivity index (χ1) is 14.5. The van der Waals surface area contributed by atoms with E-state index in [0.717, 1.165) is 10.5 Å². The third kappa shape index (κ3) is 2.59. The van der Waals surface area contributed by atoms with E-state index >= 15 is 0 Å². The number of rotatable bonds is 3. The monoisotopic (exact) mass is 418 g/mol. The van der Waals surface area contributed by atoms with Crippen molar-refractivity contribution >= 4 is 40.1 Å². The molecule has 0 unspecified atom stereocenters. The summed E-state index contributed by atoms with van der Waals surface area (Å²) in [6.45, 7) is 0. The van der Waals surface area contributed by atoms with E-state index in [9.17, 15) is 9.59 Å². The Balaban J connectivity index is 1.74. The average molecular weight is 419 g/mol. The summed E-state index contributed by atoms with van der Waals surface area (Å²) >= 11 is 6.07. The number of fused-ring (bicyclic) bond motifs is 3. The van der Waals surface area contributed by atoms with E-state index in [4.69, 9.17) is 16.3 Å². The Bertz CT molecular complexity index is 1340. The first-order valence-corrected chi connectivity index (χ1v) is 9.52. The number of carbonyl (C=O) groups is 2. The maximum atomic E-state index is 13.4. The number of pyridine rings is 1. The van der Waals surface area contributed by atoms with Crippen LogP contribution in [-0.2, 0) is 7.05 Å². The molecule has 0 atom stereocenters. The van der Waals surface area contributed by atoms with E-state index < -0.39 is 11.8 Å². The van der Waals surface area contributed by atoms with Crippen LogP contribution in [0.2, 0.25) is 5.02 Å². The molecule has 0 N–H and O–H groups in total. The number of anilines is 1. The third-order valence-electron chi connectivity index (χ3n) is 5.13. The van der Waals surface area contributed by atoms with Crippen LogP contribution in [0.25, 0.3) is 22.3 Å². The molecule has 1 aliphatic heterocycles. The molecule has 0 radical (unpaired) electrons. The van der Waals surface area contributed by atoms with Gasteiger partial charge in [-0.05, 0) is 42.5 Å². The maximum Gasteiger partial charge on any atom is 0.267 e. The largest absolute Gasteiger partial charge is 0.497 e. The molecule has 3 heterocycles. The van der Waals surface area contributed by atoms with Crippen LogP contribution < -0.4 is 9.64 Å². The summed E-state index contributed by atoms with van der Waals surface area (Å²) < 4.78 is 6.83. The van der Waals surface area contributed by atoms with Gasteiger partial charge in [-0.25, -0.2) is 14.6 Å². The van der Waals surface area contributed by atoms with Gasteiger partial charge in [-0.3, -0.25) is 9.59 Å². The summed E-state index contributed by atoms with van der Waals surface area (Å²) in [5.74, 6) is -0.149. The van der Waals surface area contributed by atoms with Gasteiger partial charge in [-0.15, -0.1) is 0 Å². The summed E-state index contributed by atoms with van der Waals surface area (Å²) in [7, 11) is 3.35. The van der Waals surface area contributed by atoms with Crippen LogP contribution in [-0.4, -0.2) is 33.7 Å². The standard InChI is InChI=1S/C22H15ClN4O3/c1-26-20-18(19(25-26)12-6-8-15(30-2)9-7-12)17-16(11-24-20)21(28)27(22(17)29)14-5-3-4-13(23)10-14/h3-11H,1-2H3. The zero-order valence-electron chi connectivity index (χ0n) is 16.1. The molecule has 1 aliphatic rings. The molecular weight excluding hydrogens is 404 g/mol. The number of aryl methyl sites for hydroxylation is 1. The summed E-state index contributed by atoms with van der Waals surface area (Å²) in [6.07, 6.45) is 1.43. The van der Waals surface area contributed by atoms with E-state index in [0.29, 0.717) is 38.8 Å². The number of hydrogen-bond donors (Lipinski definition) is 0. The summed E-state index contributed by atoms with van der Waals surface area (Å²) in [4.78, 5) is 32.0. The highest BCUT2D eigenvalue weighted by Gasteiger charge is 2.40. The van der Waals surface area contributed by atoms with Crippen molar-refractivity contribution in [1.82, 2.24) is 14.8 Å². The lowest BCUT2D eigenvalue weighted by atomic mass is 10.0. The quantitative estimate of drug-likeness (QED) is 0.468. The van der Waals surface area contributed by atoms with Crippen LogP contribution in [0.4, 0.5) is 5.69 Å². The molecule has 7 nitrogen and oxygen atoms in total. The van der Waals surface area contributed by atoms with Gasteiger partial charge in [0.25, 0.3) is 11.8 Å². The molecule has 0 bridgehead atoms. The highest BCUT2D eigenvalue weighted by Crippen LogP contribution is 2.37. The third-order valence-corrected chi connectivity index (χ3v) is 5.37. The highest BCUT2D eigenvalue weighted by atomic mass is 35.5. The molecule has 0 saturated heterocycles. The topological polar surface area (TPSA) is 77.3 Å². The van der Waals surface area contributed by atoms with E-state index in [2.05, 4.69) is 10.1 Å². The predicted octanol–water partition coefficient (Wildman–Crippen LogP) is 4.10. The van der Waals surface area contributed by atoms with Crippen LogP contribution >= 0.6 is 11.6 Å². The van der Waals surface area contributed by atoms with Crippen LogP contribution in [0.5, 0.6) is 5.75 Å². The van der Waals surface area contributed by atoms with Crippen molar-refractivity contribution in [2.24, 2.45) is 7.05 Å². The fourth-order valence-electron chi connectivity index (χ4n) is 3.73. The van der Waals surface area contributed by atoms with Crippen molar-refractivity contribution in [3.63, 3.8) is 0 Å². The number of hydrogen-bond acceptors (Lipinski definition) is 5. The predicted molar refractivity (Wildman–Crippen MR) is 113 cm³/mol. The lowest BCUT2D eigenvalue weighted by molar-refractivity contribution is 0.0926. The SMILES string of the molecule is COc1ccc(-c2nn(C)c3ncc4c(c23)C(=O)N(c2cccc(Cl)c2)C4=O)cc1. The molecular formula is C22H15ClN4O3. The second-order valence-electron chi connectivity index (χ2n) is 6.87. The van der Waals surface area contributed by atoms with Crippen molar-refractivity contribution in [1.29, 1.82) is 0 Å². The van der Waals surface area contributed by atoms with Gasteiger partial charge in [0, 0.05) is 23.8 Å². The Morgan fingerprint density at radius 1 is 1.03 bits per heavy atom. The zero-order chi connectivity index (χ0) is 21.0. The fourth-order valence-corrected chi connectivity index (χ4v) is 3.91. The number of imide groups is 1. The minimum Gasteiger partial charge on any atom is -0.497 e. The Kier molecular flexibility index (Phi) is 4.08. The second kappa shape index (κ2) is 6.67. The lowest BCUT2D eigenvalue weighted by Gasteiger charge is -2.13. The second-order valence-corrected chi connectivity index (χ2v) is 7.31. The van der Waals surface area contributed by atoms with Gasteiger partial charge in [0.2, 0.25) is 0 Å². The molecule has 2 aromatic heterocycles. The molecule has 0 fully saturated rings. The molecule has 30 heavy (non-hydrogen) atoms. The van der Waals surface area contributed by atoms with Crippen molar-refractivity contribution in [3.05, 3.63) is 70.9 Å². The van der Waals surface area contributed by atoms with Crippen LogP contribution in [0, 0.1) is 0 Å². The lowest BCUT2D eigenvalue weighted by Crippen LogP contribution is -2.29. The molecule has 2 aromatic carbocycles. The van der Waals surface area contributed by atoms with Gasteiger partial charge < -0.3 is 4.74 Å². The first-order valence-electron chi connectivity index (χ1n) is 9.14. The fraction of sp³-hybridized carbons (Fsp3) is 0.0909. The molecule has 2 amide bonds. The number of amides is 2. The summed E-state index contributed by atoms with van der Waals surface area (Å²) in [5.41, 5.74) is 2.84. The number of aromatic nitrogens is 3. The number of halogens is 1. The smallest absolute Gasteiger partial charge is 0.267 e. The zero-order valence-corrected chi connectivity index (χ0v) is 16.8. The number of benzene rings is 2. The Morgan fingerprint density at radius 3 is 2.50 bits per heavy atom. The van der Waals surface area contributed by atoms with Crippen molar-refractivity contribution < 1.29 is 14.3 Å². The van der Waals surface area contributed by atoms with Crippen LogP contribution in [0.3, 0.4) is 0 Å². The average Bonchev–Trinajstić information content (AvgIpc) is 3.22. The Morgan fingerprint density at radius 2 is 1.80 bits per heavy atom. The minimum absolute atomic E-state index is 0.246. The molecule has 148 valence electrons. The first kappa shape index (κ1) is 18.3. The van der Waals surface area contributed by atoms with Crippen molar-refractivity contribution in [3.8, 4) is 17.0 Å². The molecule has 0 saturated carbocycles. The summed E-state index contributed by atoms with van der Waals surface area (Å²) in [5, 5.41) is 5.56. The Labute approximate surface area is 176 Å². The highest BCUT2D eigenvalue weighted by molar-refractivity contribution is 6.38. The number of nitrogens with zero attached hydrogens (tertiary/aromatic N) is 4. The van der Waals surface area contributed by atoms with Gasteiger partial charge in [-0.2, -0.15) is 5.10 Å². The number of carbonyl (C=O) groups excluding carboxylic acids is 2. The summed E-state index contributed by atoms with van der Waals surface area (Å²) in [6, 6.07) is 14.0. The van der Waals surface area contributed by atoms with Gasteiger partial charge in [-0.1, -0.05) is 17.7 Å². The number of methoxy groups -OCH3 is 1. The molecule has 5 rings (SSSR count). The molecule has 0 spiro atoms. The Hall–Kier alpha value is -3.71. The normalized spacial score (nSPS) is 13.2. The van der Waals surface area contributed by atoms with E-state index in [1.54, 1.807) is 43.1 Å². The van der Waals surface area contributed by atoms with Gasteiger partial charge in [0.05, 0.1) is 29.3 Å². The van der Waals surface area contributed by atoms with Crippen molar-refractivity contribution in [2.75, 3.05) is 12.0 Å². The van der Waals surface area contributed by atoms with Crippen LogP contribution in [0.1, 0.15) is 20.7 Å². The van der Waals surface area contributed by atoms with Gasteiger partial charge in [0.15, 0.2) is 5.65 Å². The van der Waals surface area contributed by atoms with Gasteiger partial charge >= 0.3 is 0 Å². The van der Waals surface area contributed by atoms with Crippen molar-refractivity contribution in [2.45, 2.75) is 0 Å². The molecule has 4 aromatic rings. The van der Waals surface area contributed by atoms with Crippen LogP contribution in [0.15, 0.2) is 54.7 Å². The molecule has 8 heteroatoms. The van der Waals surface area contributed by atoms with E-state index in [1.165, 1.54) is 6.20 Å². The maximum absolute atomic E-state index is 13.4. The minimum atomic E-state index is -0.434.